The van der Waals surface area contributed by atoms with Gasteiger partial charge in [-0.15, -0.1) is 0 Å². The van der Waals surface area contributed by atoms with Gasteiger partial charge in [-0.05, 0) is 0 Å². The van der Waals surface area contributed by atoms with Crippen molar-refractivity contribution in [3.63, 3.8) is 0 Å². The molecule has 0 bridgehead atoms. The lowest BCUT2D eigenvalue weighted by atomic mass is 10.8. The molecule has 0 saturated carbocycles. The standard InChI is InChI=1S/C6H11N3O2S/c1-3-8-12(10,11)6-7-4-5-9(6)2/h4-5,8H,3H2,1-2H3. The Morgan fingerprint density at radius 2 is 2.33 bits per heavy atom. The summed E-state index contributed by atoms with van der Waals surface area (Å²) in [6.07, 6.45) is 3.04. The summed E-state index contributed by atoms with van der Waals surface area (Å²) in [4.78, 5) is 3.72. The Kier molecular flexibility index (Phi) is 2.49. The molecule has 68 valence electrons. The van der Waals surface area contributed by atoms with E-state index in [0.29, 0.717) is 6.54 Å². The Bertz CT molecular complexity index is 355. The van der Waals surface area contributed by atoms with Crippen LogP contribution in [0.15, 0.2) is 17.6 Å². The number of nitrogens with one attached hydrogen (secondary N) is 1. The topological polar surface area (TPSA) is 64.0 Å². The molecule has 5 nitrogen and oxygen atoms in total. The van der Waals surface area contributed by atoms with Crippen LogP contribution in [0.3, 0.4) is 0 Å². The molecule has 0 aliphatic rings. The molecule has 0 saturated heterocycles. The number of hydrogen-bond donors (Lipinski definition) is 1. The van der Waals surface area contributed by atoms with Gasteiger partial charge in [0.1, 0.15) is 0 Å². The summed E-state index contributed by atoms with van der Waals surface area (Å²) in [5, 5.41) is 0.0457. The lowest BCUT2D eigenvalue weighted by Gasteiger charge is -2.02. The molecule has 1 heterocycles. The largest absolute Gasteiger partial charge is 0.324 e. The third-order valence-corrected chi connectivity index (χ3v) is 2.89. The normalized spacial score (nSPS) is 11.8. The van der Waals surface area contributed by atoms with Gasteiger partial charge in [-0.1, -0.05) is 6.92 Å². The summed E-state index contributed by atoms with van der Waals surface area (Å²) >= 11 is 0. The van der Waals surface area contributed by atoms with Crippen molar-refractivity contribution in [3.8, 4) is 0 Å². The van der Waals surface area contributed by atoms with E-state index in [4.69, 9.17) is 0 Å². The Labute approximate surface area is 71.5 Å². The van der Waals surface area contributed by atoms with Crippen LogP contribution in [-0.2, 0) is 17.1 Å². The number of nitrogens with zero attached hydrogens (tertiary/aromatic N) is 2. The van der Waals surface area contributed by atoms with Gasteiger partial charge in [-0.3, -0.25) is 0 Å². The molecule has 6 heteroatoms. The quantitative estimate of drug-likeness (QED) is 0.711. The number of hydrogen-bond acceptors (Lipinski definition) is 3. The highest BCUT2D eigenvalue weighted by Crippen LogP contribution is 2.02. The van der Waals surface area contributed by atoms with E-state index >= 15 is 0 Å². The van der Waals surface area contributed by atoms with E-state index in [9.17, 15) is 8.42 Å². The van der Waals surface area contributed by atoms with Crippen molar-refractivity contribution in [2.24, 2.45) is 7.05 Å². The summed E-state index contributed by atoms with van der Waals surface area (Å²) in [5.41, 5.74) is 0. The smallest absolute Gasteiger partial charge is 0.274 e. The van der Waals surface area contributed by atoms with Crippen molar-refractivity contribution < 1.29 is 8.42 Å². The average Bonchev–Trinajstić information content (AvgIpc) is 2.35. The van der Waals surface area contributed by atoms with Crippen LogP contribution in [0.25, 0.3) is 0 Å². The summed E-state index contributed by atoms with van der Waals surface area (Å²) < 4.78 is 26.4. The van der Waals surface area contributed by atoms with Gasteiger partial charge in [-0.25, -0.2) is 18.1 Å². The van der Waals surface area contributed by atoms with Crippen LogP contribution in [0.1, 0.15) is 6.92 Å². The average molecular weight is 189 g/mol. The molecule has 0 aliphatic heterocycles. The molecule has 0 aromatic carbocycles. The molecule has 0 atom stereocenters. The van der Waals surface area contributed by atoms with E-state index in [2.05, 4.69) is 9.71 Å². The van der Waals surface area contributed by atoms with Crippen molar-refractivity contribution in [2.45, 2.75) is 12.1 Å². The molecular weight excluding hydrogens is 178 g/mol. The second-order valence-corrected chi connectivity index (χ2v) is 3.98. The molecule has 0 aliphatic carbocycles. The fourth-order valence-electron chi connectivity index (χ4n) is 0.865. The summed E-state index contributed by atoms with van der Waals surface area (Å²) in [6, 6.07) is 0. The van der Waals surface area contributed by atoms with Crippen LogP contribution in [-0.4, -0.2) is 24.5 Å². The third kappa shape index (κ3) is 1.64. The highest BCUT2D eigenvalue weighted by molar-refractivity contribution is 7.89. The van der Waals surface area contributed by atoms with Gasteiger partial charge in [-0.2, -0.15) is 0 Å². The summed E-state index contributed by atoms with van der Waals surface area (Å²) in [6.45, 7) is 2.09. The van der Waals surface area contributed by atoms with Gasteiger partial charge in [0.25, 0.3) is 10.0 Å². The lowest BCUT2D eigenvalue weighted by molar-refractivity contribution is 0.566. The fourth-order valence-corrected chi connectivity index (χ4v) is 2.01. The van der Waals surface area contributed by atoms with Crippen LogP contribution in [0.5, 0.6) is 0 Å². The number of rotatable bonds is 3. The highest BCUT2D eigenvalue weighted by Gasteiger charge is 2.16. The van der Waals surface area contributed by atoms with Crippen LogP contribution < -0.4 is 4.72 Å². The van der Waals surface area contributed by atoms with Crippen LogP contribution in [0.2, 0.25) is 0 Å². The van der Waals surface area contributed by atoms with Gasteiger partial charge in [0, 0.05) is 26.0 Å². The Morgan fingerprint density at radius 3 is 2.75 bits per heavy atom. The summed E-state index contributed by atoms with van der Waals surface area (Å²) in [5.74, 6) is 0. The molecule has 12 heavy (non-hydrogen) atoms. The Morgan fingerprint density at radius 1 is 1.67 bits per heavy atom. The maximum absolute atomic E-state index is 11.3. The zero-order valence-corrected chi connectivity index (χ0v) is 7.80. The molecule has 0 radical (unpaired) electrons. The molecule has 1 aromatic rings. The third-order valence-electron chi connectivity index (χ3n) is 1.35. The minimum absolute atomic E-state index is 0.0457. The van der Waals surface area contributed by atoms with E-state index in [1.165, 1.54) is 10.8 Å². The van der Waals surface area contributed by atoms with Crippen molar-refractivity contribution in [1.29, 1.82) is 0 Å². The number of aromatic nitrogens is 2. The molecule has 1 rings (SSSR count). The summed E-state index contributed by atoms with van der Waals surface area (Å²) in [7, 11) is -1.76. The second-order valence-electron chi connectivity index (χ2n) is 2.32. The van der Waals surface area contributed by atoms with E-state index in [-0.39, 0.29) is 5.16 Å². The van der Waals surface area contributed by atoms with Gasteiger partial charge in [0.15, 0.2) is 0 Å². The maximum Gasteiger partial charge on any atom is 0.274 e. The molecular formula is C6H11N3O2S. The SMILES string of the molecule is CCNS(=O)(=O)c1nccn1C. The van der Waals surface area contributed by atoms with E-state index in [1.807, 2.05) is 0 Å². The van der Waals surface area contributed by atoms with Crippen molar-refractivity contribution in [1.82, 2.24) is 14.3 Å². The first-order valence-corrected chi connectivity index (χ1v) is 5.03. The number of aryl methyl sites for hydroxylation is 1. The minimum atomic E-state index is -3.40. The number of sulfonamides is 1. The first kappa shape index (κ1) is 9.21. The zero-order chi connectivity index (χ0) is 9.19. The number of imidazole rings is 1. The van der Waals surface area contributed by atoms with E-state index in [1.54, 1.807) is 20.2 Å². The Hall–Kier alpha value is -0.880. The predicted molar refractivity (Wildman–Crippen MR) is 44.1 cm³/mol. The van der Waals surface area contributed by atoms with Crippen molar-refractivity contribution in [2.75, 3.05) is 6.54 Å². The molecule has 0 fully saturated rings. The van der Waals surface area contributed by atoms with Gasteiger partial charge in [0.05, 0.1) is 0 Å². The van der Waals surface area contributed by atoms with E-state index < -0.39 is 10.0 Å². The maximum atomic E-state index is 11.3. The van der Waals surface area contributed by atoms with Crippen molar-refractivity contribution in [3.05, 3.63) is 12.4 Å². The predicted octanol–water partition coefficient (Wildman–Crippen LogP) is -0.282. The Balaban J connectivity index is 3.06. The van der Waals surface area contributed by atoms with Crippen LogP contribution in [0.4, 0.5) is 0 Å². The van der Waals surface area contributed by atoms with Crippen LogP contribution in [0, 0.1) is 0 Å². The van der Waals surface area contributed by atoms with Crippen molar-refractivity contribution >= 4 is 10.0 Å². The minimum Gasteiger partial charge on any atom is -0.324 e. The van der Waals surface area contributed by atoms with E-state index in [0.717, 1.165) is 0 Å². The van der Waals surface area contributed by atoms with Gasteiger partial charge < -0.3 is 4.57 Å². The first-order valence-electron chi connectivity index (χ1n) is 3.55. The fraction of sp³-hybridized carbons (Fsp3) is 0.500. The van der Waals surface area contributed by atoms with Gasteiger partial charge in [0.2, 0.25) is 5.16 Å². The molecule has 0 spiro atoms. The molecule has 1 aromatic heterocycles. The second kappa shape index (κ2) is 3.24. The monoisotopic (exact) mass is 189 g/mol. The lowest BCUT2D eigenvalue weighted by Crippen LogP contribution is -2.25. The first-order chi connectivity index (χ1) is 5.58. The highest BCUT2D eigenvalue weighted by atomic mass is 32.2. The van der Waals surface area contributed by atoms with Gasteiger partial charge >= 0.3 is 0 Å². The zero-order valence-electron chi connectivity index (χ0n) is 6.98. The molecule has 0 unspecified atom stereocenters. The van der Waals surface area contributed by atoms with Crippen LogP contribution >= 0.6 is 0 Å². The molecule has 1 N–H and O–H groups in total. The molecule has 0 amide bonds.